The lowest BCUT2D eigenvalue weighted by molar-refractivity contribution is -0.139. The molecule has 0 unspecified atom stereocenters. The predicted octanol–water partition coefficient (Wildman–Crippen LogP) is 5.01. The lowest BCUT2D eigenvalue weighted by Crippen LogP contribution is -2.51. The molecule has 0 aliphatic heterocycles. The molecule has 7 nitrogen and oxygen atoms in total. The second-order valence-electron chi connectivity index (χ2n) is 9.34. The Bertz CT molecular complexity index is 1390. The molecule has 2 amide bonds. The van der Waals surface area contributed by atoms with Gasteiger partial charge in [0.05, 0.1) is 10.6 Å². The zero-order valence-electron chi connectivity index (χ0n) is 22.4. The van der Waals surface area contributed by atoms with Gasteiger partial charge >= 0.3 is 0 Å². The maximum absolute atomic E-state index is 13.8. The van der Waals surface area contributed by atoms with Gasteiger partial charge in [0.25, 0.3) is 10.0 Å². The predicted molar refractivity (Wildman–Crippen MR) is 152 cm³/mol. The summed E-state index contributed by atoms with van der Waals surface area (Å²) in [6.07, 6.45) is 0. The lowest BCUT2D eigenvalue weighted by Gasteiger charge is -2.32. The number of nitrogens with zero attached hydrogens (tertiary/aromatic N) is 2. The summed E-state index contributed by atoms with van der Waals surface area (Å²) in [5, 5.41) is 3.13. The Balaban J connectivity index is 2.05. The molecule has 0 saturated heterocycles. The van der Waals surface area contributed by atoms with E-state index < -0.39 is 28.5 Å². The van der Waals surface area contributed by atoms with E-state index in [4.69, 9.17) is 11.6 Å². The number of rotatable bonds is 10. The van der Waals surface area contributed by atoms with E-state index in [0.717, 1.165) is 26.6 Å². The fourth-order valence-corrected chi connectivity index (χ4v) is 5.48. The van der Waals surface area contributed by atoms with Crippen molar-refractivity contribution >= 4 is 39.1 Å². The summed E-state index contributed by atoms with van der Waals surface area (Å²) in [5.41, 5.74) is 3.84. The molecule has 38 heavy (non-hydrogen) atoms. The fraction of sp³-hybridized carbons (Fsp3) is 0.310. The third-order valence-electron chi connectivity index (χ3n) is 6.32. The summed E-state index contributed by atoms with van der Waals surface area (Å²) in [5.74, 6) is -0.837. The van der Waals surface area contributed by atoms with Gasteiger partial charge in [-0.25, -0.2) is 8.42 Å². The number of anilines is 1. The van der Waals surface area contributed by atoms with Crippen molar-refractivity contribution in [2.24, 2.45) is 0 Å². The smallest absolute Gasteiger partial charge is 0.264 e. The molecule has 0 heterocycles. The Morgan fingerprint density at radius 1 is 0.921 bits per heavy atom. The largest absolute Gasteiger partial charge is 0.355 e. The number of likely N-dealkylation sites (N-methyl/N-ethyl adjacent to an activating group) is 1. The molecule has 0 fully saturated rings. The topological polar surface area (TPSA) is 86.8 Å². The van der Waals surface area contributed by atoms with Gasteiger partial charge in [0.1, 0.15) is 12.6 Å². The van der Waals surface area contributed by atoms with Crippen LogP contribution in [-0.4, -0.2) is 44.3 Å². The summed E-state index contributed by atoms with van der Waals surface area (Å²) < 4.78 is 28.7. The van der Waals surface area contributed by atoms with Crippen molar-refractivity contribution in [2.45, 2.75) is 52.1 Å². The summed E-state index contributed by atoms with van der Waals surface area (Å²) in [4.78, 5) is 28.1. The Hall–Kier alpha value is -3.36. The highest BCUT2D eigenvalue weighted by atomic mass is 35.5. The van der Waals surface area contributed by atoms with Gasteiger partial charge in [-0.15, -0.1) is 0 Å². The average Bonchev–Trinajstić information content (AvgIpc) is 2.88. The van der Waals surface area contributed by atoms with E-state index in [0.29, 0.717) is 11.6 Å². The van der Waals surface area contributed by atoms with Crippen LogP contribution in [0.4, 0.5) is 5.69 Å². The zero-order valence-corrected chi connectivity index (χ0v) is 23.9. The molecule has 0 spiro atoms. The molecule has 202 valence electrons. The van der Waals surface area contributed by atoms with Crippen LogP contribution in [0.1, 0.15) is 36.1 Å². The molecule has 3 aromatic rings. The number of sulfonamides is 1. The van der Waals surface area contributed by atoms with Crippen LogP contribution in [0, 0.1) is 20.8 Å². The molecule has 0 radical (unpaired) electrons. The minimum absolute atomic E-state index is 0.0504. The fourth-order valence-electron chi connectivity index (χ4n) is 3.90. The number of carbonyl (C=O) groups excluding carboxylic acids is 2. The van der Waals surface area contributed by atoms with Crippen molar-refractivity contribution in [3.8, 4) is 0 Å². The van der Waals surface area contributed by atoms with Gasteiger partial charge in [-0.3, -0.25) is 13.9 Å². The number of hydrogen-bond donors (Lipinski definition) is 1. The summed E-state index contributed by atoms with van der Waals surface area (Å²) >= 11 is 6.35. The number of hydrogen-bond acceptors (Lipinski definition) is 4. The summed E-state index contributed by atoms with van der Waals surface area (Å²) in [6, 6.07) is 18.1. The molecule has 9 heteroatoms. The monoisotopic (exact) mass is 555 g/mol. The highest BCUT2D eigenvalue weighted by Gasteiger charge is 2.32. The lowest BCUT2D eigenvalue weighted by atomic mass is 10.1. The van der Waals surface area contributed by atoms with Crippen LogP contribution in [0.5, 0.6) is 0 Å². The molecule has 0 saturated carbocycles. The number of amides is 2. The third-order valence-corrected chi connectivity index (χ3v) is 8.52. The summed E-state index contributed by atoms with van der Waals surface area (Å²) in [6.45, 7) is 9.12. The molecule has 1 atom stereocenters. The molecule has 3 rings (SSSR count). The van der Waals surface area contributed by atoms with Crippen LogP contribution in [0.3, 0.4) is 0 Å². The Morgan fingerprint density at radius 3 is 2.05 bits per heavy atom. The highest BCUT2D eigenvalue weighted by Crippen LogP contribution is 2.28. The minimum Gasteiger partial charge on any atom is -0.355 e. The van der Waals surface area contributed by atoms with Gasteiger partial charge in [-0.05, 0) is 70.0 Å². The SMILES string of the molecule is CCNC(=O)[C@H](C)N(Cc1ccc(C)cc1)C(=O)CN(c1ccc(C)c(Cl)c1)S(=O)(=O)c1ccc(C)cc1. The van der Waals surface area contributed by atoms with E-state index in [1.165, 1.54) is 23.1 Å². The van der Waals surface area contributed by atoms with E-state index >= 15 is 0 Å². The van der Waals surface area contributed by atoms with Crippen LogP contribution in [-0.2, 0) is 26.2 Å². The van der Waals surface area contributed by atoms with E-state index in [9.17, 15) is 18.0 Å². The standard InChI is InChI=1S/C29H34ClN3O4S/c1-6-31-29(35)23(5)32(18-24-12-7-20(2)8-13-24)28(34)19-33(25-14-11-22(4)27(30)17-25)38(36,37)26-15-9-21(3)10-16-26/h7-17,23H,6,18-19H2,1-5H3,(H,31,35)/t23-/m0/s1. The maximum Gasteiger partial charge on any atom is 0.264 e. The first-order valence-electron chi connectivity index (χ1n) is 12.4. The maximum atomic E-state index is 13.8. The number of nitrogens with one attached hydrogen (secondary N) is 1. The number of benzene rings is 3. The van der Waals surface area contributed by atoms with Crippen LogP contribution < -0.4 is 9.62 Å². The minimum atomic E-state index is -4.14. The van der Waals surface area contributed by atoms with Gasteiger partial charge < -0.3 is 10.2 Å². The van der Waals surface area contributed by atoms with E-state index in [2.05, 4.69) is 5.32 Å². The molecule has 0 aliphatic carbocycles. The highest BCUT2D eigenvalue weighted by molar-refractivity contribution is 7.92. The van der Waals surface area contributed by atoms with E-state index in [1.54, 1.807) is 38.1 Å². The summed E-state index contributed by atoms with van der Waals surface area (Å²) in [7, 11) is -4.14. The van der Waals surface area contributed by atoms with Crippen molar-refractivity contribution in [1.82, 2.24) is 10.2 Å². The molecule has 0 bridgehead atoms. The van der Waals surface area contributed by atoms with Crippen molar-refractivity contribution in [3.05, 3.63) is 94.0 Å². The van der Waals surface area contributed by atoms with Crippen molar-refractivity contribution in [3.63, 3.8) is 0 Å². The Kier molecular flexibility index (Phi) is 9.57. The normalized spacial score (nSPS) is 12.1. The Labute approximate surface area is 230 Å². The first-order valence-corrected chi connectivity index (χ1v) is 14.2. The number of aryl methyl sites for hydroxylation is 3. The molecule has 0 aromatic heterocycles. The second kappa shape index (κ2) is 12.5. The van der Waals surface area contributed by atoms with Gasteiger partial charge in [-0.2, -0.15) is 0 Å². The number of carbonyl (C=O) groups is 2. The van der Waals surface area contributed by atoms with Crippen molar-refractivity contribution in [2.75, 3.05) is 17.4 Å². The molecule has 0 aliphatic rings. The average molecular weight is 556 g/mol. The van der Waals surface area contributed by atoms with Crippen LogP contribution in [0.25, 0.3) is 0 Å². The van der Waals surface area contributed by atoms with Gasteiger partial charge in [0.15, 0.2) is 0 Å². The van der Waals surface area contributed by atoms with Gasteiger partial charge in [0, 0.05) is 18.1 Å². The van der Waals surface area contributed by atoms with E-state index in [1.807, 2.05) is 45.0 Å². The van der Waals surface area contributed by atoms with Crippen molar-refractivity contribution < 1.29 is 18.0 Å². The van der Waals surface area contributed by atoms with Crippen LogP contribution >= 0.6 is 11.6 Å². The molecular weight excluding hydrogens is 522 g/mol. The van der Waals surface area contributed by atoms with Crippen LogP contribution in [0.2, 0.25) is 5.02 Å². The molecular formula is C29H34ClN3O4S. The zero-order chi connectivity index (χ0) is 28.0. The first-order chi connectivity index (χ1) is 17.9. The second-order valence-corrected chi connectivity index (χ2v) is 11.6. The number of halogens is 1. The quantitative estimate of drug-likeness (QED) is 0.381. The third kappa shape index (κ3) is 6.94. The van der Waals surface area contributed by atoms with Crippen LogP contribution in [0.15, 0.2) is 71.6 Å². The Morgan fingerprint density at radius 2 is 1.50 bits per heavy atom. The molecule has 3 aromatic carbocycles. The van der Waals surface area contributed by atoms with Gasteiger partial charge in [-0.1, -0.05) is 65.2 Å². The molecule has 1 N–H and O–H groups in total. The van der Waals surface area contributed by atoms with Gasteiger partial charge in [0.2, 0.25) is 11.8 Å². The first kappa shape index (κ1) is 29.2. The van der Waals surface area contributed by atoms with Crippen molar-refractivity contribution in [1.29, 1.82) is 0 Å². The van der Waals surface area contributed by atoms with E-state index in [-0.39, 0.29) is 23.0 Å².